The molecule has 0 amide bonds. The second-order valence-electron chi connectivity index (χ2n) is 5.02. The van der Waals surface area contributed by atoms with Crippen molar-refractivity contribution in [3.8, 4) is 0 Å². The Labute approximate surface area is 108 Å². The molecule has 1 heterocycles. The lowest BCUT2D eigenvalue weighted by Crippen LogP contribution is -2.04. The Morgan fingerprint density at radius 1 is 1.22 bits per heavy atom. The van der Waals surface area contributed by atoms with Crippen molar-refractivity contribution in [2.45, 2.75) is 40.3 Å². The standard InChI is InChI=1S/C15H20N2O/c1-10-5-11(2)15(12(3)6-10)9-17-8-14(7-16-17)13(4)18/h5-8,13,18H,9H2,1-4H3. The molecular weight excluding hydrogens is 224 g/mol. The van der Waals surface area contributed by atoms with Gasteiger partial charge < -0.3 is 5.11 Å². The lowest BCUT2D eigenvalue weighted by Gasteiger charge is -2.11. The van der Waals surface area contributed by atoms with Crippen molar-refractivity contribution >= 4 is 0 Å². The molecular formula is C15H20N2O. The Morgan fingerprint density at radius 3 is 2.33 bits per heavy atom. The molecule has 0 spiro atoms. The molecule has 0 aliphatic heterocycles. The van der Waals surface area contributed by atoms with Gasteiger partial charge in [-0.25, -0.2) is 0 Å². The molecule has 2 aromatic rings. The van der Waals surface area contributed by atoms with E-state index < -0.39 is 6.10 Å². The molecule has 3 heteroatoms. The van der Waals surface area contributed by atoms with Crippen molar-refractivity contribution in [3.05, 3.63) is 52.3 Å². The average molecular weight is 244 g/mol. The number of aliphatic hydroxyl groups is 1. The third kappa shape index (κ3) is 2.62. The quantitative estimate of drug-likeness (QED) is 0.901. The Kier molecular flexibility index (Phi) is 3.53. The van der Waals surface area contributed by atoms with Crippen LogP contribution in [0.15, 0.2) is 24.5 Å². The topological polar surface area (TPSA) is 38.0 Å². The van der Waals surface area contributed by atoms with E-state index in [9.17, 15) is 5.11 Å². The lowest BCUT2D eigenvalue weighted by molar-refractivity contribution is 0.199. The van der Waals surface area contributed by atoms with E-state index in [2.05, 4.69) is 38.0 Å². The molecule has 1 unspecified atom stereocenters. The van der Waals surface area contributed by atoms with Gasteiger partial charge >= 0.3 is 0 Å². The minimum Gasteiger partial charge on any atom is -0.389 e. The molecule has 0 bridgehead atoms. The fraction of sp³-hybridized carbons (Fsp3) is 0.400. The van der Waals surface area contributed by atoms with Crippen molar-refractivity contribution in [2.24, 2.45) is 0 Å². The molecule has 0 aliphatic rings. The van der Waals surface area contributed by atoms with Crippen LogP contribution in [-0.4, -0.2) is 14.9 Å². The molecule has 0 saturated heterocycles. The second-order valence-corrected chi connectivity index (χ2v) is 5.02. The van der Waals surface area contributed by atoms with Crippen LogP contribution in [0, 0.1) is 20.8 Å². The Hall–Kier alpha value is -1.61. The fourth-order valence-electron chi connectivity index (χ4n) is 2.30. The molecule has 2 rings (SSSR count). The first-order valence-electron chi connectivity index (χ1n) is 6.24. The van der Waals surface area contributed by atoms with Gasteiger partial charge in [0.05, 0.1) is 18.8 Å². The summed E-state index contributed by atoms with van der Waals surface area (Å²) in [7, 11) is 0. The van der Waals surface area contributed by atoms with Crippen molar-refractivity contribution in [1.82, 2.24) is 9.78 Å². The number of rotatable bonds is 3. The summed E-state index contributed by atoms with van der Waals surface area (Å²) in [5, 5.41) is 13.8. The molecule has 0 saturated carbocycles. The van der Waals surface area contributed by atoms with E-state index in [-0.39, 0.29) is 0 Å². The molecule has 1 aromatic carbocycles. The molecule has 3 nitrogen and oxygen atoms in total. The van der Waals surface area contributed by atoms with E-state index in [1.54, 1.807) is 13.1 Å². The lowest BCUT2D eigenvalue weighted by atomic mass is 10.00. The largest absolute Gasteiger partial charge is 0.389 e. The van der Waals surface area contributed by atoms with Gasteiger partial charge in [-0.1, -0.05) is 17.7 Å². The van der Waals surface area contributed by atoms with Gasteiger partial charge in [-0.05, 0) is 44.4 Å². The smallest absolute Gasteiger partial charge is 0.0792 e. The molecule has 1 atom stereocenters. The molecule has 0 fully saturated rings. The monoisotopic (exact) mass is 244 g/mol. The molecule has 18 heavy (non-hydrogen) atoms. The number of hydrogen-bond acceptors (Lipinski definition) is 2. The van der Waals surface area contributed by atoms with E-state index >= 15 is 0 Å². The molecule has 0 aliphatic carbocycles. The van der Waals surface area contributed by atoms with Crippen LogP contribution >= 0.6 is 0 Å². The second kappa shape index (κ2) is 4.94. The van der Waals surface area contributed by atoms with E-state index in [0.29, 0.717) is 0 Å². The Bertz CT molecular complexity index is 532. The number of aliphatic hydroxyl groups excluding tert-OH is 1. The third-order valence-electron chi connectivity index (χ3n) is 3.30. The van der Waals surface area contributed by atoms with Crippen molar-refractivity contribution in [2.75, 3.05) is 0 Å². The maximum Gasteiger partial charge on any atom is 0.0792 e. The summed E-state index contributed by atoms with van der Waals surface area (Å²) in [5.41, 5.74) is 6.04. The highest BCUT2D eigenvalue weighted by molar-refractivity contribution is 5.37. The summed E-state index contributed by atoms with van der Waals surface area (Å²) in [6.45, 7) is 8.89. The maximum absolute atomic E-state index is 9.50. The maximum atomic E-state index is 9.50. The van der Waals surface area contributed by atoms with Crippen molar-refractivity contribution < 1.29 is 5.11 Å². The average Bonchev–Trinajstić information content (AvgIpc) is 2.71. The third-order valence-corrected chi connectivity index (χ3v) is 3.30. The summed E-state index contributed by atoms with van der Waals surface area (Å²) in [4.78, 5) is 0. The van der Waals surface area contributed by atoms with Crippen LogP contribution in [0.4, 0.5) is 0 Å². The first-order valence-corrected chi connectivity index (χ1v) is 6.24. The zero-order chi connectivity index (χ0) is 13.3. The van der Waals surface area contributed by atoms with Gasteiger partial charge in [-0.15, -0.1) is 0 Å². The van der Waals surface area contributed by atoms with Crippen LogP contribution < -0.4 is 0 Å². The van der Waals surface area contributed by atoms with Gasteiger partial charge in [0.1, 0.15) is 0 Å². The number of nitrogens with zero attached hydrogens (tertiary/aromatic N) is 2. The van der Waals surface area contributed by atoms with Crippen molar-refractivity contribution in [3.63, 3.8) is 0 Å². The number of aryl methyl sites for hydroxylation is 3. The molecule has 1 aromatic heterocycles. The number of hydrogen-bond donors (Lipinski definition) is 1. The first kappa shape index (κ1) is 12.8. The van der Waals surface area contributed by atoms with Gasteiger partial charge in [0, 0.05) is 11.8 Å². The summed E-state index contributed by atoms with van der Waals surface area (Å²) >= 11 is 0. The fourth-order valence-corrected chi connectivity index (χ4v) is 2.30. The number of aromatic nitrogens is 2. The number of benzene rings is 1. The van der Waals surface area contributed by atoms with E-state index in [1.165, 1.54) is 22.3 Å². The predicted molar refractivity (Wildman–Crippen MR) is 72.6 cm³/mol. The SMILES string of the molecule is Cc1cc(C)c(Cn2cc(C(C)O)cn2)c(C)c1. The van der Waals surface area contributed by atoms with E-state index in [4.69, 9.17) is 0 Å². The Morgan fingerprint density at radius 2 is 1.83 bits per heavy atom. The zero-order valence-electron chi connectivity index (χ0n) is 11.4. The van der Waals surface area contributed by atoms with Crippen LogP contribution in [0.5, 0.6) is 0 Å². The van der Waals surface area contributed by atoms with E-state index in [0.717, 1.165) is 12.1 Å². The van der Waals surface area contributed by atoms with Crippen LogP contribution in [0.1, 0.15) is 40.8 Å². The minimum absolute atomic E-state index is 0.459. The van der Waals surface area contributed by atoms with E-state index in [1.807, 2.05) is 10.9 Å². The molecule has 0 radical (unpaired) electrons. The summed E-state index contributed by atoms with van der Waals surface area (Å²) in [5.74, 6) is 0. The van der Waals surface area contributed by atoms with Crippen LogP contribution in [0.2, 0.25) is 0 Å². The highest BCUT2D eigenvalue weighted by Crippen LogP contribution is 2.18. The summed E-state index contributed by atoms with van der Waals surface area (Å²) in [6, 6.07) is 4.39. The van der Waals surface area contributed by atoms with Crippen LogP contribution in [0.25, 0.3) is 0 Å². The zero-order valence-corrected chi connectivity index (χ0v) is 11.4. The van der Waals surface area contributed by atoms with Crippen LogP contribution in [-0.2, 0) is 6.54 Å². The normalized spacial score (nSPS) is 12.7. The first-order chi connectivity index (χ1) is 8.47. The summed E-state index contributed by atoms with van der Waals surface area (Å²) in [6.07, 6.45) is 3.17. The predicted octanol–water partition coefficient (Wildman–Crippen LogP) is 2.91. The highest BCUT2D eigenvalue weighted by Gasteiger charge is 2.08. The minimum atomic E-state index is -0.459. The Balaban J connectivity index is 2.28. The van der Waals surface area contributed by atoms with Gasteiger partial charge in [0.2, 0.25) is 0 Å². The van der Waals surface area contributed by atoms with Gasteiger partial charge in [0.25, 0.3) is 0 Å². The highest BCUT2D eigenvalue weighted by atomic mass is 16.3. The molecule has 1 N–H and O–H groups in total. The summed E-state index contributed by atoms with van der Waals surface area (Å²) < 4.78 is 1.88. The van der Waals surface area contributed by atoms with Gasteiger partial charge in [0.15, 0.2) is 0 Å². The molecule has 96 valence electrons. The van der Waals surface area contributed by atoms with Gasteiger partial charge in [-0.2, -0.15) is 5.10 Å². The van der Waals surface area contributed by atoms with Crippen molar-refractivity contribution in [1.29, 1.82) is 0 Å². The van der Waals surface area contributed by atoms with Gasteiger partial charge in [-0.3, -0.25) is 4.68 Å². The van der Waals surface area contributed by atoms with Crippen LogP contribution in [0.3, 0.4) is 0 Å².